The largest absolute Gasteiger partial charge is 0.478 e. The average molecular weight is 258 g/mol. The van der Waals surface area contributed by atoms with Gasteiger partial charge in [-0.3, -0.25) is 4.79 Å². The molecule has 0 spiro atoms. The van der Waals surface area contributed by atoms with E-state index in [1.54, 1.807) is 0 Å². The fourth-order valence-corrected chi connectivity index (χ4v) is 1.47. The lowest BCUT2D eigenvalue weighted by Gasteiger charge is -2.05. The summed E-state index contributed by atoms with van der Waals surface area (Å²) in [5, 5.41) is 11.4. The number of aromatic carboxylic acids is 1. The van der Waals surface area contributed by atoms with E-state index in [1.807, 2.05) is 0 Å². The molecule has 7 nitrogen and oxygen atoms in total. The van der Waals surface area contributed by atoms with Crippen molar-refractivity contribution in [2.24, 2.45) is 0 Å². The van der Waals surface area contributed by atoms with Gasteiger partial charge in [-0.15, -0.1) is 0 Å². The van der Waals surface area contributed by atoms with Gasteiger partial charge < -0.3 is 10.4 Å². The van der Waals surface area contributed by atoms with Gasteiger partial charge in [0.05, 0.1) is 29.3 Å². The molecule has 19 heavy (non-hydrogen) atoms. The number of amides is 1. The van der Waals surface area contributed by atoms with Crippen LogP contribution in [-0.2, 0) is 0 Å². The van der Waals surface area contributed by atoms with Gasteiger partial charge in [0.25, 0.3) is 5.91 Å². The summed E-state index contributed by atoms with van der Waals surface area (Å²) in [5.74, 6) is -1.52. The Hall–Kier alpha value is -2.83. The van der Waals surface area contributed by atoms with E-state index in [1.165, 1.54) is 37.8 Å². The third-order valence-corrected chi connectivity index (χ3v) is 2.37. The molecule has 0 unspecified atom stereocenters. The molecule has 2 aromatic rings. The Morgan fingerprint density at radius 1 is 1.21 bits per heavy atom. The van der Waals surface area contributed by atoms with Crippen LogP contribution in [0.2, 0.25) is 0 Å². The molecule has 0 bridgehead atoms. The van der Waals surface area contributed by atoms with Gasteiger partial charge in [-0.1, -0.05) is 0 Å². The lowest BCUT2D eigenvalue weighted by atomic mass is 10.2. The number of carbonyl (C=O) groups is 2. The summed E-state index contributed by atoms with van der Waals surface area (Å²) in [7, 11) is 0. The number of pyridine rings is 1. The van der Waals surface area contributed by atoms with E-state index < -0.39 is 11.9 Å². The quantitative estimate of drug-likeness (QED) is 0.854. The van der Waals surface area contributed by atoms with Crippen LogP contribution in [0.25, 0.3) is 0 Å². The highest BCUT2D eigenvalue weighted by atomic mass is 16.4. The summed E-state index contributed by atoms with van der Waals surface area (Å²) in [5.41, 5.74) is 0.921. The SMILES string of the molecule is Cc1nc(C(=O)Nc2cncnc2)ccc1C(=O)O. The van der Waals surface area contributed by atoms with Crippen LogP contribution < -0.4 is 5.32 Å². The van der Waals surface area contributed by atoms with Crippen molar-refractivity contribution >= 4 is 17.6 Å². The maximum atomic E-state index is 11.9. The van der Waals surface area contributed by atoms with E-state index in [2.05, 4.69) is 20.3 Å². The first-order valence-electron chi connectivity index (χ1n) is 5.35. The minimum Gasteiger partial charge on any atom is -0.478 e. The zero-order valence-corrected chi connectivity index (χ0v) is 9.99. The highest BCUT2D eigenvalue weighted by Crippen LogP contribution is 2.09. The van der Waals surface area contributed by atoms with Gasteiger partial charge in [0, 0.05) is 0 Å². The van der Waals surface area contributed by atoms with E-state index in [0.717, 1.165) is 0 Å². The third kappa shape index (κ3) is 2.89. The van der Waals surface area contributed by atoms with Crippen LogP contribution in [0.4, 0.5) is 5.69 Å². The second-order valence-electron chi connectivity index (χ2n) is 3.72. The molecular weight excluding hydrogens is 248 g/mol. The number of hydrogen-bond acceptors (Lipinski definition) is 5. The molecule has 0 saturated carbocycles. The summed E-state index contributed by atoms with van der Waals surface area (Å²) in [6, 6.07) is 2.71. The molecule has 2 heterocycles. The van der Waals surface area contributed by atoms with Crippen LogP contribution in [0.1, 0.15) is 26.5 Å². The predicted octanol–water partition coefficient (Wildman–Crippen LogP) is 1.13. The Bertz CT molecular complexity index is 628. The van der Waals surface area contributed by atoms with Crippen molar-refractivity contribution in [1.82, 2.24) is 15.0 Å². The summed E-state index contributed by atoms with van der Waals surface area (Å²) < 4.78 is 0. The predicted molar refractivity (Wildman–Crippen MR) is 65.9 cm³/mol. The minimum atomic E-state index is -1.08. The molecule has 7 heteroatoms. The van der Waals surface area contributed by atoms with Crippen LogP contribution in [0.3, 0.4) is 0 Å². The normalized spacial score (nSPS) is 9.95. The van der Waals surface area contributed by atoms with Gasteiger partial charge in [-0.2, -0.15) is 0 Å². The number of nitrogens with zero attached hydrogens (tertiary/aromatic N) is 3. The van der Waals surface area contributed by atoms with E-state index >= 15 is 0 Å². The Morgan fingerprint density at radius 3 is 2.47 bits per heavy atom. The van der Waals surface area contributed by atoms with E-state index in [0.29, 0.717) is 5.69 Å². The molecule has 96 valence electrons. The lowest BCUT2D eigenvalue weighted by Crippen LogP contribution is -2.15. The Balaban J connectivity index is 2.21. The van der Waals surface area contributed by atoms with Crippen LogP contribution in [0.5, 0.6) is 0 Å². The zero-order valence-electron chi connectivity index (χ0n) is 9.99. The minimum absolute atomic E-state index is 0.0691. The number of carboxylic acid groups (broad SMARTS) is 1. The van der Waals surface area contributed by atoms with Crippen molar-refractivity contribution in [1.29, 1.82) is 0 Å². The fraction of sp³-hybridized carbons (Fsp3) is 0.0833. The fourth-order valence-electron chi connectivity index (χ4n) is 1.47. The topological polar surface area (TPSA) is 105 Å². The number of rotatable bonds is 3. The van der Waals surface area contributed by atoms with Crippen LogP contribution in [0.15, 0.2) is 30.9 Å². The smallest absolute Gasteiger partial charge is 0.337 e. The van der Waals surface area contributed by atoms with E-state index in [9.17, 15) is 9.59 Å². The molecule has 0 fully saturated rings. The monoisotopic (exact) mass is 258 g/mol. The first-order chi connectivity index (χ1) is 9.08. The molecule has 1 amide bonds. The van der Waals surface area contributed by atoms with Crippen molar-refractivity contribution in [3.63, 3.8) is 0 Å². The molecule has 0 aliphatic rings. The lowest BCUT2D eigenvalue weighted by molar-refractivity contribution is 0.0695. The van der Waals surface area contributed by atoms with Crippen molar-refractivity contribution in [2.75, 3.05) is 5.32 Å². The highest BCUT2D eigenvalue weighted by molar-refractivity contribution is 6.03. The van der Waals surface area contributed by atoms with Gasteiger partial charge in [-0.05, 0) is 19.1 Å². The molecule has 0 atom stereocenters. The Morgan fingerprint density at radius 2 is 1.89 bits per heavy atom. The van der Waals surface area contributed by atoms with E-state index in [-0.39, 0.29) is 17.0 Å². The summed E-state index contributed by atoms with van der Waals surface area (Å²) in [6.07, 6.45) is 4.24. The molecule has 2 N–H and O–H groups in total. The maximum Gasteiger partial charge on any atom is 0.337 e. The third-order valence-electron chi connectivity index (χ3n) is 2.37. The summed E-state index contributed by atoms with van der Waals surface area (Å²) in [4.78, 5) is 34.2. The number of nitrogens with one attached hydrogen (secondary N) is 1. The highest BCUT2D eigenvalue weighted by Gasteiger charge is 2.13. The number of aryl methyl sites for hydroxylation is 1. The zero-order chi connectivity index (χ0) is 13.8. The van der Waals surface area contributed by atoms with Gasteiger partial charge in [0.2, 0.25) is 0 Å². The summed E-state index contributed by atoms with van der Waals surface area (Å²) >= 11 is 0. The molecule has 2 rings (SSSR count). The van der Waals surface area contributed by atoms with Crippen LogP contribution in [-0.4, -0.2) is 31.9 Å². The second-order valence-corrected chi connectivity index (χ2v) is 3.72. The first kappa shape index (κ1) is 12.6. The van der Waals surface area contributed by atoms with Gasteiger partial charge in [0.1, 0.15) is 12.0 Å². The molecule has 0 radical (unpaired) electrons. The number of anilines is 1. The molecule has 0 aliphatic carbocycles. The van der Waals surface area contributed by atoms with Crippen LogP contribution in [0, 0.1) is 6.92 Å². The standard InChI is InChI=1S/C12H10N4O3/c1-7-9(12(18)19)2-3-10(15-7)11(17)16-8-4-13-6-14-5-8/h2-6H,1H3,(H,16,17)(H,18,19). The molecule has 0 saturated heterocycles. The second kappa shape index (κ2) is 5.21. The molecular formula is C12H10N4O3. The average Bonchev–Trinajstić information content (AvgIpc) is 2.39. The Kier molecular flexibility index (Phi) is 3.46. The first-order valence-corrected chi connectivity index (χ1v) is 5.35. The number of hydrogen-bond donors (Lipinski definition) is 2. The van der Waals surface area contributed by atoms with Crippen molar-refractivity contribution in [3.05, 3.63) is 47.8 Å². The van der Waals surface area contributed by atoms with Crippen LogP contribution >= 0.6 is 0 Å². The molecule has 0 aromatic carbocycles. The summed E-state index contributed by atoms with van der Waals surface area (Å²) in [6.45, 7) is 1.53. The number of aromatic nitrogens is 3. The molecule has 2 aromatic heterocycles. The van der Waals surface area contributed by atoms with Crippen molar-refractivity contribution in [2.45, 2.75) is 6.92 Å². The Labute approximate surface area is 108 Å². The molecule has 0 aliphatic heterocycles. The van der Waals surface area contributed by atoms with Gasteiger partial charge >= 0.3 is 5.97 Å². The number of carboxylic acids is 1. The van der Waals surface area contributed by atoms with Crippen molar-refractivity contribution in [3.8, 4) is 0 Å². The van der Waals surface area contributed by atoms with Gasteiger partial charge in [-0.25, -0.2) is 19.7 Å². The van der Waals surface area contributed by atoms with Crippen molar-refractivity contribution < 1.29 is 14.7 Å². The van der Waals surface area contributed by atoms with Gasteiger partial charge in [0.15, 0.2) is 0 Å². The maximum absolute atomic E-state index is 11.9. The van der Waals surface area contributed by atoms with E-state index in [4.69, 9.17) is 5.11 Å². The number of carbonyl (C=O) groups excluding carboxylic acids is 1.